The number of ether oxygens (including phenoxy) is 2. The van der Waals surface area contributed by atoms with E-state index in [9.17, 15) is 22.8 Å². The summed E-state index contributed by atoms with van der Waals surface area (Å²) in [6, 6.07) is 4.16. The quantitative estimate of drug-likeness (QED) is 0.336. The van der Waals surface area contributed by atoms with Gasteiger partial charge in [-0.25, -0.2) is 18.2 Å². The Hall–Kier alpha value is -2.44. The Morgan fingerprint density at radius 1 is 1.33 bits per heavy atom. The van der Waals surface area contributed by atoms with E-state index in [1.165, 1.54) is 23.8 Å². The molecule has 1 amide bonds. The first-order valence-corrected chi connectivity index (χ1v) is 13.4. The van der Waals surface area contributed by atoms with Crippen molar-refractivity contribution in [2.75, 3.05) is 31.0 Å². The fourth-order valence-electron chi connectivity index (χ4n) is 4.02. The number of esters is 1. The number of fused-ring (bicyclic) bond motifs is 1. The summed E-state index contributed by atoms with van der Waals surface area (Å²) >= 11 is 1.09. The summed E-state index contributed by atoms with van der Waals surface area (Å²) < 4.78 is 35.2. The van der Waals surface area contributed by atoms with Gasteiger partial charge in [0.15, 0.2) is 15.0 Å². The van der Waals surface area contributed by atoms with Crippen LogP contribution in [0.1, 0.15) is 29.6 Å². The number of methoxy groups -OCH3 is 1. The van der Waals surface area contributed by atoms with Gasteiger partial charge in [-0.15, -0.1) is 0 Å². The van der Waals surface area contributed by atoms with Gasteiger partial charge < -0.3 is 14.8 Å². The molecule has 33 heavy (non-hydrogen) atoms. The van der Waals surface area contributed by atoms with Crippen LogP contribution in [-0.2, 0) is 30.7 Å². The average Bonchev–Trinajstić information content (AvgIpc) is 3.42. The van der Waals surface area contributed by atoms with Crippen LogP contribution in [0.15, 0.2) is 28.2 Å². The van der Waals surface area contributed by atoms with Gasteiger partial charge in [0, 0.05) is 12.6 Å². The standard InChI is InChI=1S/C21H25N3O7S2/c1-30-20(27)13-4-5-16-17(9-13)23-21(24(19(16)26)10-15-3-2-7-31-15)32-11-18(25)22-14-6-8-33(28,29)12-14/h4-5,9,14-15H,2-3,6-8,10-12H2,1H3,(H,22,25). The smallest absolute Gasteiger partial charge is 0.337 e. The monoisotopic (exact) mass is 495 g/mol. The van der Waals surface area contributed by atoms with Crippen molar-refractivity contribution in [3.05, 3.63) is 34.1 Å². The molecule has 1 N–H and O–H groups in total. The first-order chi connectivity index (χ1) is 15.8. The summed E-state index contributed by atoms with van der Waals surface area (Å²) in [5, 5.41) is 3.43. The van der Waals surface area contributed by atoms with E-state index in [0.717, 1.165) is 24.6 Å². The number of thioether (sulfide) groups is 1. The first-order valence-electron chi connectivity index (χ1n) is 10.6. The van der Waals surface area contributed by atoms with E-state index >= 15 is 0 Å². The highest BCUT2D eigenvalue weighted by Gasteiger charge is 2.29. The zero-order valence-corrected chi connectivity index (χ0v) is 19.7. The molecule has 2 unspecified atom stereocenters. The minimum absolute atomic E-state index is 0.0310. The molecule has 10 nitrogen and oxygen atoms in total. The Kier molecular flexibility index (Phi) is 7.05. The fraction of sp³-hybridized carbons (Fsp3) is 0.524. The van der Waals surface area contributed by atoms with Crippen molar-refractivity contribution in [3.8, 4) is 0 Å². The Labute approximate surface area is 195 Å². The van der Waals surface area contributed by atoms with E-state index in [0.29, 0.717) is 35.6 Å². The molecule has 2 saturated heterocycles. The molecule has 1 aromatic carbocycles. The largest absolute Gasteiger partial charge is 0.465 e. The summed E-state index contributed by atoms with van der Waals surface area (Å²) in [6.07, 6.45) is 2.02. The van der Waals surface area contributed by atoms with E-state index in [2.05, 4.69) is 10.3 Å². The van der Waals surface area contributed by atoms with Crippen LogP contribution in [0.3, 0.4) is 0 Å². The van der Waals surface area contributed by atoms with Crippen LogP contribution in [-0.4, -0.2) is 73.0 Å². The van der Waals surface area contributed by atoms with Crippen LogP contribution in [0.4, 0.5) is 0 Å². The number of benzene rings is 1. The summed E-state index contributed by atoms with van der Waals surface area (Å²) in [4.78, 5) is 42.2. The lowest BCUT2D eigenvalue weighted by molar-refractivity contribution is -0.119. The Morgan fingerprint density at radius 2 is 2.15 bits per heavy atom. The number of hydrogen-bond donors (Lipinski definition) is 1. The highest BCUT2D eigenvalue weighted by Crippen LogP contribution is 2.22. The molecule has 0 spiro atoms. The maximum atomic E-state index is 13.3. The molecule has 3 heterocycles. The molecule has 2 aromatic rings. The molecule has 12 heteroatoms. The molecule has 0 saturated carbocycles. The van der Waals surface area contributed by atoms with Crippen LogP contribution in [0.2, 0.25) is 0 Å². The predicted molar refractivity (Wildman–Crippen MR) is 122 cm³/mol. The third-order valence-electron chi connectivity index (χ3n) is 5.68. The second-order valence-corrected chi connectivity index (χ2v) is 11.3. The number of carbonyl (C=O) groups excluding carboxylic acids is 2. The van der Waals surface area contributed by atoms with Gasteiger partial charge in [-0.2, -0.15) is 0 Å². The lowest BCUT2D eigenvalue weighted by Gasteiger charge is -2.17. The van der Waals surface area contributed by atoms with Crippen molar-refractivity contribution in [1.29, 1.82) is 0 Å². The normalized spacial score (nSPS) is 21.8. The van der Waals surface area contributed by atoms with Gasteiger partial charge >= 0.3 is 5.97 Å². The average molecular weight is 496 g/mol. The predicted octanol–water partition coefficient (Wildman–Crippen LogP) is 0.758. The number of carbonyl (C=O) groups is 2. The third kappa shape index (κ3) is 5.56. The zero-order chi connectivity index (χ0) is 23.6. The number of sulfone groups is 1. The number of nitrogens with one attached hydrogen (secondary N) is 1. The lowest BCUT2D eigenvalue weighted by Crippen LogP contribution is -2.37. The van der Waals surface area contributed by atoms with Crippen molar-refractivity contribution < 1.29 is 27.5 Å². The number of aromatic nitrogens is 2. The van der Waals surface area contributed by atoms with E-state index in [1.807, 2.05) is 0 Å². The molecule has 2 fully saturated rings. The summed E-state index contributed by atoms with van der Waals surface area (Å²) in [5.74, 6) is -0.888. The molecule has 178 valence electrons. The molecule has 4 rings (SSSR count). The lowest BCUT2D eigenvalue weighted by atomic mass is 10.1. The maximum absolute atomic E-state index is 13.3. The molecule has 2 atom stereocenters. The van der Waals surface area contributed by atoms with Crippen molar-refractivity contribution in [3.63, 3.8) is 0 Å². The summed E-state index contributed by atoms with van der Waals surface area (Å²) in [5.41, 5.74) is 0.318. The Balaban J connectivity index is 1.59. The highest BCUT2D eigenvalue weighted by molar-refractivity contribution is 7.99. The van der Waals surface area contributed by atoms with Gasteiger partial charge in [-0.05, 0) is 37.5 Å². The minimum atomic E-state index is -3.10. The number of nitrogens with zero attached hydrogens (tertiary/aromatic N) is 2. The fourth-order valence-corrected chi connectivity index (χ4v) is 6.51. The maximum Gasteiger partial charge on any atom is 0.337 e. The van der Waals surface area contributed by atoms with E-state index in [-0.39, 0.29) is 40.4 Å². The van der Waals surface area contributed by atoms with E-state index < -0.39 is 21.8 Å². The van der Waals surface area contributed by atoms with Crippen LogP contribution in [0.25, 0.3) is 10.9 Å². The third-order valence-corrected chi connectivity index (χ3v) is 8.43. The Morgan fingerprint density at radius 3 is 2.82 bits per heavy atom. The van der Waals surface area contributed by atoms with Crippen LogP contribution >= 0.6 is 11.8 Å². The molecule has 2 aliphatic heterocycles. The van der Waals surface area contributed by atoms with Crippen molar-refractivity contribution in [2.24, 2.45) is 0 Å². The molecule has 0 bridgehead atoms. The zero-order valence-electron chi connectivity index (χ0n) is 18.1. The van der Waals surface area contributed by atoms with Gasteiger partial charge in [0.2, 0.25) is 5.91 Å². The molecular weight excluding hydrogens is 470 g/mol. The SMILES string of the molecule is COC(=O)c1ccc2c(=O)n(CC3CCCO3)c(SCC(=O)NC3CCS(=O)(=O)C3)nc2c1. The second kappa shape index (κ2) is 9.82. The van der Waals surface area contributed by atoms with Gasteiger partial charge in [-0.3, -0.25) is 14.2 Å². The molecule has 2 aliphatic rings. The van der Waals surface area contributed by atoms with Crippen molar-refractivity contribution >= 4 is 44.4 Å². The van der Waals surface area contributed by atoms with E-state index in [4.69, 9.17) is 9.47 Å². The van der Waals surface area contributed by atoms with Crippen LogP contribution in [0.5, 0.6) is 0 Å². The second-order valence-electron chi connectivity index (χ2n) is 8.12. The van der Waals surface area contributed by atoms with Crippen molar-refractivity contribution in [1.82, 2.24) is 14.9 Å². The van der Waals surface area contributed by atoms with Crippen LogP contribution < -0.4 is 10.9 Å². The molecule has 0 aliphatic carbocycles. The number of amides is 1. The Bertz CT molecular complexity index is 1240. The number of hydrogen-bond acceptors (Lipinski definition) is 9. The van der Waals surface area contributed by atoms with Crippen LogP contribution in [0, 0.1) is 0 Å². The summed E-state index contributed by atoms with van der Waals surface area (Å²) in [7, 11) is -1.83. The molecule has 1 aromatic heterocycles. The number of rotatable bonds is 7. The van der Waals surface area contributed by atoms with E-state index in [1.54, 1.807) is 6.07 Å². The van der Waals surface area contributed by atoms with Gasteiger partial charge in [0.1, 0.15) is 0 Å². The topological polar surface area (TPSA) is 134 Å². The summed E-state index contributed by atoms with van der Waals surface area (Å²) in [6.45, 7) is 0.948. The first kappa shape index (κ1) is 23.7. The van der Waals surface area contributed by atoms with Gasteiger partial charge in [0.25, 0.3) is 5.56 Å². The molecular formula is C21H25N3O7S2. The molecule has 0 radical (unpaired) electrons. The highest BCUT2D eigenvalue weighted by atomic mass is 32.2. The van der Waals surface area contributed by atoms with Gasteiger partial charge in [0.05, 0.1) is 53.5 Å². The minimum Gasteiger partial charge on any atom is -0.465 e. The van der Waals surface area contributed by atoms with Crippen molar-refractivity contribution in [2.45, 2.75) is 43.1 Å². The van der Waals surface area contributed by atoms with Gasteiger partial charge in [-0.1, -0.05) is 11.8 Å².